The van der Waals surface area contributed by atoms with Gasteiger partial charge in [0.15, 0.2) is 0 Å². The molecule has 1 unspecified atom stereocenters. The third kappa shape index (κ3) is 4.07. The number of rotatable bonds is 3. The molecule has 0 spiro atoms. The van der Waals surface area contributed by atoms with Crippen molar-refractivity contribution in [1.29, 1.82) is 0 Å². The van der Waals surface area contributed by atoms with E-state index >= 15 is 0 Å². The minimum Gasteiger partial charge on any atom is -0.363 e. The number of alkyl halides is 3. The van der Waals surface area contributed by atoms with Crippen molar-refractivity contribution >= 4 is 17.4 Å². The molecular formula is C14H11ClF4N2. The molecule has 0 saturated heterocycles. The zero-order valence-corrected chi connectivity index (χ0v) is 11.6. The van der Waals surface area contributed by atoms with Gasteiger partial charge in [0, 0.05) is 6.04 Å². The summed E-state index contributed by atoms with van der Waals surface area (Å²) < 4.78 is 50.9. The normalized spacial score (nSPS) is 13.0. The summed E-state index contributed by atoms with van der Waals surface area (Å²) in [6.45, 7) is 1.73. The van der Waals surface area contributed by atoms with E-state index in [-0.39, 0.29) is 22.8 Å². The van der Waals surface area contributed by atoms with Crippen LogP contribution in [0.3, 0.4) is 0 Å². The topological polar surface area (TPSA) is 24.9 Å². The molecule has 0 fully saturated rings. The summed E-state index contributed by atoms with van der Waals surface area (Å²) in [5, 5.41) is 2.56. The van der Waals surface area contributed by atoms with Gasteiger partial charge in [-0.2, -0.15) is 13.2 Å². The number of nitrogens with one attached hydrogen (secondary N) is 1. The van der Waals surface area contributed by atoms with Crippen LogP contribution in [0.15, 0.2) is 36.4 Å². The smallest absolute Gasteiger partial charge is 0.363 e. The Morgan fingerprint density at radius 1 is 1.14 bits per heavy atom. The first-order valence-corrected chi connectivity index (χ1v) is 6.40. The van der Waals surface area contributed by atoms with Crippen molar-refractivity contribution in [3.63, 3.8) is 0 Å². The Kier molecular flexibility index (Phi) is 4.37. The number of halogens is 5. The standard InChI is InChI=1S/C14H11ClF4N2/c1-8(9-2-4-11(16)5-3-9)20-13-7-10(14(17,18)19)6-12(15)21-13/h2-8H,1H3,(H,20,21). The van der Waals surface area contributed by atoms with Gasteiger partial charge < -0.3 is 5.32 Å². The van der Waals surface area contributed by atoms with E-state index in [1.54, 1.807) is 19.1 Å². The Bertz CT molecular complexity index is 626. The molecule has 7 heteroatoms. The number of pyridine rings is 1. The second kappa shape index (κ2) is 5.89. The Hall–Kier alpha value is -1.82. The molecule has 0 saturated carbocycles. The molecule has 112 valence electrons. The fraction of sp³-hybridized carbons (Fsp3) is 0.214. The highest BCUT2D eigenvalue weighted by Crippen LogP contribution is 2.32. The van der Waals surface area contributed by atoms with E-state index in [9.17, 15) is 17.6 Å². The summed E-state index contributed by atoms with van der Waals surface area (Å²) in [5.74, 6) is -0.377. The molecular weight excluding hydrogens is 308 g/mol. The average molecular weight is 319 g/mol. The van der Waals surface area contributed by atoms with Crippen molar-refractivity contribution in [2.24, 2.45) is 0 Å². The van der Waals surface area contributed by atoms with E-state index in [2.05, 4.69) is 10.3 Å². The molecule has 1 N–H and O–H groups in total. The Balaban J connectivity index is 2.23. The summed E-state index contributed by atoms with van der Waals surface area (Å²) in [5.41, 5.74) is -0.164. The fourth-order valence-corrected chi connectivity index (χ4v) is 2.00. The van der Waals surface area contributed by atoms with Crippen LogP contribution in [0.25, 0.3) is 0 Å². The molecule has 1 atom stereocenters. The maximum atomic E-state index is 12.8. The molecule has 1 aromatic heterocycles. The number of anilines is 1. The fourth-order valence-electron chi connectivity index (χ4n) is 1.79. The maximum absolute atomic E-state index is 12.8. The van der Waals surface area contributed by atoms with Gasteiger partial charge >= 0.3 is 6.18 Å². The van der Waals surface area contributed by atoms with Crippen LogP contribution in [0, 0.1) is 5.82 Å². The second-order valence-corrected chi connectivity index (χ2v) is 4.87. The molecule has 0 amide bonds. The van der Waals surface area contributed by atoms with Crippen molar-refractivity contribution in [1.82, 2.24) is 4.98 Å². The van der Waals surface area contributed by atoms with E-state index in [1.165, 1.54) is 12.1 Å². The van der Waals surface area contributed by atoms with Crippen LogP contribution >= 0.6 is 11.6 Å². The summed E-state index contributed by atoms with van der Waals surface area (Å²) in [6.07, 6.45) is -4.50. The van der Waals surface area contributed by atoms with Crippen molar-refractivity contribution in [3.05, 3.63) is 58.5 Å². The Morgan fingerprint density at radius 2 is 1.76 bits per heavy atom. The molecule has 0 bridgehead atoms. The minimum absolute atomic E-state index is 0.00616. The van der Waals surface area contributed by atoms with Gasteiger partial charge in [-0.15, -0.1) is 0 Å². The van der Waals surface area contributed by atoms with Gasteiger partial charge in [-0.3, -0.25) is 0 Å². The number of hydrogen-bond acceptors (Lipinski definition) is 2. The molecule has 1 heterocycles. The van der Waals surface area contributed by atoms with E-state index in [4.69, 9.17) is 11.6 Å². The Morgan fingerprint density at radius 3 is 2.33 bits per heavy atom. The van der Waals surface area contributed by atoms with Crippen molar-refractivity contribution in [3.8, 4) is 0 Å². The Labute approximate surface area is 123 Å². The van der Waals surface area contributed by atoms with E-state index in [0.29, 0.717) is 5.56 Å². The quantitative estimate of drug-likeness (QED) is 0.631. The zero-order chi connectivity index (χ0) is 15.6. The predicted octanol–water partition coefficient (Wildman–Crippen LogP) is 5.07. The van der Waals surface area contributed by atoms with Crippen LogP contribution in [0.4, 0.5) is 23.4 Å². The number of aromatic nitrogens is 1. The number of hydrogen-bond donors (Lipinski definition) is 1. The lowest BCUT2D eigenvalue weighted by molar-refractivity contribution is -0.137. The number of nitrogens with zero attached hydrogens (tertiary/aromatic N) is 1. The maximum Gasteiger partial charge on any atom is 0.416 e. The molecule has 2 aromatic rings. The summed E-state index contributed by atoms with van der Waals surface area (Å²) in [7, 11) is 0. The van der Waals surface area contributed by atoms with Crippen molar-refractivity contribution < 1.29 is 17.6 Å². The summed E-state index contributed by atoms with van der Waals surface area (Å²) in [6, 6.07) is 6.93. The average Bonchev–Trinajstić information content (AvgIpc) is 2.37. The largest absolute Gasteiger partial charge is 0.416 e. The van der Waals surface area contributed by atoms with Gasteiger partial charge in [0.2, 0.25) is 0 Å². The van der Waals surface area contributed by atoms with E-state index in [0.717, 1.165) is 12.1 Å². The minimum atomic E-state index is -4.50. The third-order valence-corrected chi connectivity index (χ3v) is 3.05. The van der Waals surface area contributed by atoms with Crippen LogP contribution in [0.5, 0.6) is 0 Å². The van der Waals surface area contributed by atoms with Crippen LogP contribution in [-0.2, 0) is 6.18 Å². The van der Waals surface area contributed by atoms with Gasteiger partial charge in [-0.05, 0) is 36.8 Å². The van der Waals surface area contributed by atoms with Crippen molar-refractivity contribution in [2.75, 3.05) is 5.32 Å². The number of benzene rings is 1. The van der Waals surface area contributed by atoms with Crippen LogP contribution in [0.1, 0.15) is 24.1 Å². The van der Waals surface area contributed by atoms with Gasteiger partial charge in [-0.1, -0.05) is 23.7 Å². The molecule has 0 aliphatic carbocycles. The molecule has 0 radical (unpaired) electrons. The first-order chi connectivity index (χ1) is 9.75. The van der Waals surface area contributed by atoms with Crippen LogP contribution < -0.4 is 5.32 Å². The molecule has 0 aliphatic heterocycles. The monoisotopic (exact) mass is 318 g/mol. The first-order valence-electron chi connectivity index (χ1n) is 6.02. The van der Waals surface area contributed by atoms with Gasteiger partial charge in [0.05, 0.1) is 5.56 Å². The van der Waals surface area contributed by atoms with Gasteiger partial charge in [0.1, 0.15) is 16.8 Å². The molecule has 2 nitrogen and oxygen atoms in total. The lowest BCUT2D eigenvalue weighted by Gasteiger charge is -2.16. The second-order valence-electron chi connectivity index (χ2n) is 4.48. The van der Waals surface area contributed by atoms with Gasteiger partial charge in [-0.25, -0.2) is 9.37 Å². The van der Waals surface area contributed by atoms with Gasteiger partial charge in [0.25, 0.3) is 0 Å². The van der Waals surface area contributed by atoms with Crippen LogP contribution in [-0.4, -0.2) is 4.98 Å². The predicted molar refractivity (Wildman–Crippen MR) is 72.7 cm³/mol. The highest BCUT2D eigenvalue weighted by atomic mass is 35.5. The first kappa shape index (κ1) is 15.6. The SMILES string of the molecule is CC(Nc1cc(C(F)(F)F)cc(Cl)n1)c1ccc(F)cc1. The molecule has 0 aliphatic rings. The molecule has 2 rings (SSSR count). The molecule has 21 heavy (non-hydrogen) atoms. The van der Waals surface area contributed by atoms with Crippen molar-refractivity contribution in [2.45, 2.75) is 19.1 Å². The highest BCUT2D eigenvalue weighted by Gasteiger charge is 2.31. The molecule has 1 aromatic carbocycles. The zero-order valence-electron chi connectivity index (χ0n) is 10.9. The lowest BCUT2D eigenvalue weighted by atomic mass is 10.1. The van der Waals surface area contributed by atoms with E-state index in [1.807, 2.05) is 0 Å². The summed E-state index contributed by atoms with van der Waals surface area (Å²) in [4.78, 5) is 3.81. The van der Waals surface area contributed by atoms with Crippen LogP contribution in [0.2, 0.25) is 5.15 Å². The van der Waals surface area contributed by atoms with E-state index < -0.39 is 11.7 Å². The highest BCUT2D eigenvalue weighted by molar-refractivity contribution is 6.29. The third-order valence-electron chi connectivity index (χ3n) is 2.86. The summed E-state index contributed by atoms with van der Waals surface area (Å²) >= 11 is 5.61. The lowest BCUT2D eigenvalue weighted by Crippen LogP contribution is -2.11.